The maximum atomic E-state index is 8.90. The molecule has 0 N–H and O–H groups in total. The van der Waals surface area contributed by atoms with Gasteiger partial charge >= 0.3 is 0 Å². The molecule has 0 bridgehead atoms. The van der Waals surface area contributed by atoms with E-state index in [9.17, 15) is 0 Å². The first-order valence-electron chi connectivity index (χ1n) is 6.65. The first-order valence-corrected chi connectivity index (χ1v) is 7.46. The molecule has 0 saturated heterocycles. The second-order valence-corrected chi connectivity index (χ2v) is 6.23. The van der Waals surface area contributed by atoms with Crippen LogP contribution in [0.5, 0.6) is 0 Å². The van der Waals surface area contributed by atoms with Gasteiger partial charge in [0.15, 0.2) is 0 Å². The lowest BCUT2D eigenvalue weighted by atomic mass is 9.87. The van der Waals surface area contributed by atoms with Crippen molar-refractivity contribution in [2.45, 2.75) is 38.5 Å². The summed E-state index contributed by atoms with van der Waals surface area (Å²) in [6, 6.07) is 7.96. The number of nitriles is 1. The highest BCUT2D eigenvalue weighted by molar-refractivity contribution is 7.18. The van der Waals surface area contributed by atoms with E-state index in [1.54, 1.807) is 11.3 Å². The number of thiazole rings is 1. The van der Waals surface area contributed by atoms with Gasteiger partial charge in [0.1, 0.15) is 0 Å². The maximum absolute atomic E-state index is 8.90. The molecule has 0 amide bonds. The zero-order valence-corrected chi connectivity index (χ0v) is 11.2. The minimum absolute atomic E-state index is 0.732. The molecule has 1 saturated carbocycles. The van der Waals surface area contributed by atoms with Gasteiger partial charge in [0.2, 0.25) is 0 Å². The molecule has 0 spiro atoms. The molecule has 92 valence electrons. The highest BCUT2D eigenvalue weighted by Gasteiger charge is 2.16. The number of hydrogen-bond acceptors (Lipinski definition) is 3. The van der Waals surface area contributed by atoms with Crippen molar-refractivity contribution < 1.29 is 0 Å². The smallest absolute Gasteiger partial charge is 0.0992 e. The summed E-state index contributed by atoms with van der Waals surface area (Å²) in [6.07, 6.45) is 8.02. The van der Waals surface area contributed by atoms with Crippen LogP contribution in [0.2, 0.25) is 0 Å². The van der Waals surface area contributed by atoms with Crippen LogP contribution < -0.4 is 0 Å². The molecule has 2 aromatic rings. The average Bonchev–Trinajstić information content (AvgIpc) is 2.80. The van der Waals surface area contributed by atoms with Crippen molar-refractivity contribution in [3.63, 3.8) is 0 Å². The summed E-state index contributed by atoms with van der Waals surface area (Å²) in [5.41, 5.74) is 1.78. The van der Waals surface area contributed by atoms with Gasteiger partial charge in [-0.3, -0.25) is 0 Å². The Kier molecular flexibility index (Phi) is 3.29. The molecule has 0 unspecified atom stereocenters. The van der Waals surface area contributed by atoms with Crippen molar-refractivity contribution in [3.8, 4) is 6.07 Å². The first kappa shape index (κ1) is 11.7. The van der Waals surface area contributed by atoms with Gasteiger partial charge in [-0.05, 0) is 24.1 Å². The van der Waals surface area contributed by atoms with Crippen molar-refractivity contribution in [1.29, 1.82) is 5.26 Å². The third kappa shape index (κ3) is 2.39. The summed E-state index contributed by atoms with van der Waals surface area (Å²) in [5.74, 6) is 0.828. The van der Waals surface area contributed by atoms with Crippen LogP contribution in [0.25, 0.3) is 10.2 Å². The van der Waals surface area contributed by atoms with Crippen LogP contribution in [0.4, 0.5) is 0 Å². The SMILES string of the molecule is N#Cc1ccc2nc(CC3CCCCC3)sc2c1. The minimum Gasteiger partial charge on any atom is -0.241 e. The fraction of sp³-hybridized carbons (Fsp3) is 0.467. The second kappa shape index (κ2) is 5.07. The predicted octanol–water partition coefficient (Wildman–Crippen LogP) is 4.29. The van der Waals surface area contributed by atoms with Crippen LogP contribution in [0, 0.1) is 17.2 Å². The minimum atomic E-state index is 0.732. The van der Waals surface area contributed by atoms with Gasteiger partial charge in [-0.25, -0.2) is 4.98 Å². The summed E-state index contributed by atoms with van der Waals surface area (Å²) in [6.45, 7) is 0. The van der Waals surface area contributed by atoms with Gasteiger partial charge in [0.25, 0.3) is 0 Å². The third-order valence-corrected chi connectivity index (χ3v) is 4.79. The van der Waals surface area contributed by atoms with E-state index in [0.29, 0.717) is 0 Å². The third-order valence-electron chi connectivity index (χ3n) is 3.75. The van der Waals surface area contributed by atoms with E-state index in [1.165, 1.54) is 37.1 Å². The summed E-state index contributed by atoms with van der Waals surface area (Å²) >= 11 is 1.76. The number of aromatic nitrogens is 1. The van der Waals surface area contributed by atoms with E-state index in [1.807, 2.05) is 18.2 Å². The largest absolute Gasteiger partial charge is 0.241 e. The number of fused-ring (bicyclic) bond motifs is 1. The fourth-order valence-electron chi connectivity index (χ4n) is 2.77. The Morgan fingerprint density at radius 1 is 1.28 bits per heavy atom. The van der Waals surface area contributed by atoms with Crippen molar-refractivity contribution in [2.75, 3.05) is 0 Å². The van der Waals surface area contributed by atoms with Gasteiger partial charge < -0.3 is 0 Å². The molecule has 1 aliphatic rings. The molecular formula is C15H16N2S. The van der Waals surface area contributed by atoms with E-state index in [0.717, 1.165) is 28.1 Å². The highest BCUT2D eigenvalue weighted by atomic mass is 32.1. The van der Waals surface area contributed by atoms with E-state index < -0.39 is 0 Å². The topological polar surface area (TPSA) is 36.7 Å². The van der Waals surface area contributed by atoms with Crippen LogP contribution in [0.15, 0.2) is 18.2 Å². The van der Waals surface area contributed by atoms with Crippen molar-refractivity contribution in [3.05, 3.63) is 28.8 Å². The van der Waals surface area contributed by atoms with Gasteiger partial charge in [0, 0.05) is 6.42 Å². The Bertz CT molecular complexity index is 588. The number of nitrogens with zero attached hydrogens (tertiary/aromatic N) is 2. The molecule has 1 aromatic heterocycles. The normalized spacial score (nSPS) is 16.8. The van der Waals surface area contributed by atoms with Gasteiger partial charge in [-0.2, -0.15) is 5.26 Å². The molecule has 1 aliphatic carbocycles. The zero-order chi connectivity index (χ0) is 12.4. The lowest BCUT2D eigenvalue weighted by molar-refractivity contribution is 0.356. The lowest BCUT2D eigenvalue weighted by Gasteiger charge is -2.20. The summed E-state index contributed by atoms with van der Waals surface area (Å²) < 4.78 is 1.15. The monoisotopic (exact) mass is 256 g/mol. The fourth-order valence-corrected chi connectivity index (χ4v) is 3.89. The first-order chi connectivity index (χ1) is 8.85. The molecule has 2 nitrogen and oxygen atoms in total. The average molecular weight is 256 g/mol. The number of hydrogen-bond donors (Lipinski definition) is 0. The zero-order valence-electron chi connectivity index (χ0n) is 10.4. The Morgan fingerprint density at radius 2 is 2.11 bits per heavy atom. The summed E-state index contributed by atoms with van der Waals surface area (Å²) in [5, 5.41) is 10.1. The quantitative estimate of drug-likeness (QED) is 0.803. The van der Waals surface area contributed by atoms with E-state index in [4.69, 9.17) is 10.2 Å². The van der Waals surface area contributed by atoms with Crippen LogP contribution in [0.1, 0.15) is 42.7 Å². The molecule has 3 heteroatoms. The van der Waals surface area contributed by atoms with E-state index in [-0.39, 0.29) is 0 Å². The van der Waals surface area contributed by atoms with Crippen molar-refractivity contribution in [1.82, 2.24) is 4.98 Å². The van der Waals surface area contributed by atoms with Crippen molar-refractivity contribution >= 4 is 21.6 Å². The molecule has 1 fully saturated rings. The van der Waals surface area contributed by atoms with Crippen molar-refractivity contribution in [2.24, 2.45) is 5.92 Å². The number of rotatable bonds is 2. The van der Waals surface area contributed by atoms with Gasteiger partial charge in [0.05, 0.1) is 26.9 Å². The molecule has 3 rings (SSSR count). The van der Waals surface area contributed by atoms with E-state index in [2.05, 4.69) is 6.07 Å². The maximum Gasteiger partial charge on any atom is 0.0992 e. The number of benzene rings is 1. The van der Waals surface area contributed by atoms with Gasteiger partial charge in [-0.15, -0.1) is 11.3 Å². The second-order valence-electron chi connectivity index (χ2n) is 5.11. The molecular weight excluding hydrogens is 240 g/mol. The van der Waals surface area contributed by atoms with Crippen LogP contribution in [-0.4, -0.2) is 4.98 Å². The van der Waals surface area contributed by atoms with Crippen LogP contribution in [-0.2, 0) is 6.42 Å². The van der Waals surface area contributed by atoms with Crippen LogP contribution >= 0.6 is 11.3 Å². The van der Waals surface area contributed by atoms with Gasteiger partial charge in [-0.1, -0.05) is 32.1 Å². The molecule has 1 aromatic carbocycles. The molecule has 0 atom stereocenters. The Hall–Kier alpha value is -1.40. The predicted molar refractivity (Wildman–Crippen MR) is 74.6 cm³/mol. The molecule has 0 aliphatic heterocycles. The lowest BCUT2D eigenvalue weighted by Crippen LogP contribution is -2.08. The Balaban J connectivity index is 1.82. The highest BCUT2D eigenvalue weighted by Crippen LogP contribution is 2.30. The van der Waals surface area contributed by atoms with E-state index >= 15 is 0 Å². The Labute approximate surface area is 111 Å². The molecule has 18 heavy (non-hydrogen) atoms. The molecule has 1 heterocycles. The van der Waals surface area contributed by atoms with Crippen LogP contribution in [0.3, 0.4) is 0 Å². The molecule has 0 radical (unpaired) electrons. The standard InChI is InChI=1S/C15H16N2S/c16-10-12-6-7-13-14(8-12)18-15(17-13)9-11-4-2-1-3-5-11/h6-8,11H,1-5,9H2. The Morgan fingerprint density at radius 3 is 2.89 bits per heavy atom. The summed E-state index contributed by atoms with van der Waals surface area (Å²) in [7, 11) is 0. The summed E-state index contributed by atoms with van der Waals surface area (Å²) in [4.78, 5) is 4.69.